The number of thiocarbonyl (C=S) groups is 1. The molecular weight excluding hydrogens is 500 g/mol. The number of ether oxygens (including phenoxy) is 1. The minimum absolute atomic E-state index is 0.0184. The van der Waals surface area contributed by atoms with E-state index in [4.69, 9.17) is 17.0 Å². The second-order valence-electron chi connectivity index (χ2n) is 8.10. The number of fused-ring (bicyclic) bond motifs is 3. The largest absolute Gasteiger partial charge is 0.448 e. The summed E-state index contributed by atoms with van der Waals surface area (Å²) in [5.41, 5.74) is 4.20. The lowest BCUT2D eigenvalue weighted by molar-refractivity contribution is -0.122. The van der Waals surface area contributed by atoms with Crippen LogP contribution in [0.2, 0.25) is 0 Å². The van der Waals surface area contributed by atoms with Crippen LogP contribution >= 0.6 is 28.1 Å². The fourth-order valence-electron chi connectivity index (χ4n) is 4.15. The van der Waals surface area contributed by atoms with Crippen molar-refractivity contribution in [1.82, 2.24) is 10.6 Å². The zero-order chi connectivity index (χ0) is 23.6. The third-order valence-electron chi connectivity index (χ3n) is 6.03. The van der Waals surface area contributed by atoms with Crippen molar-refractivity contribution in [3.63, 3.8) is 0 Å². The lowest BCUT2D eigenvalue weighted by atomic mass is 9.88. The summed E-state index contributed by atoms with van der Waals surface area (Å²) in [4.78, 5) is 25.0. The number of halogens is 1. The molecule has 2 N–H and O–H groups in total. The van der Waals surface area contributed by atoms with E-state index in [0.29, 0.717) is 0 Å². The van der Waals surface area contributed by atoms with Crippen LogP contribution in [0.25, 0.3) is 11.1 Å². The molecule has 1 atom stereocenters. The predicted octanol–water partition coefficient (Wildman–Crippen LogP) is 5.67. The third kappa shape index (κ3) is 4.70. The zero-order valence-electron chi connectivity index (χ0n) is 18.2. The second kappa shape index (κ2) is 9.45. The van der Waals surface area contributed by atoms with Gasteiger partial charge in [0, 0.05) is 10.4 Å². The van der Waals surface area contributed by atoms with Crippen molar-refractivity contribution in [1.29, 1.82) is 0 Å². The Balaban J connectivity index is 1.42. The molecule has 3 aromatic carbocycles. The summed E-state index contributed by atoms with van der Waals surface area (Å²) in [6.07, 6.45) is -0.672. The van der Waals surface area contributed by atoms with E-state index in [1.165, 1.54) is 6.92 Å². The van der Waals surface area contributed by atoms with Crippen LogP contribution in [0.1, 0.15) is 36.5 Å². The van der Waals surface area contributed by atoms with E-state index in [9.17, 15) is 9.59 Å². The number of hydrogen-bond donors (Lipinski definition) is 2. The SMILES string of the molecule is CC(=O)C(C)(NC(=S)NC(=O)OCC1c2ccccc2-c2ccccc21)c1cccc(Br)c1. The average molecular weight is 523 g/mol. The highest BCUT2D eigenvalue weighted by Gasteiger charge is 2.34. The first-order valence-corrected chi connectivity index (χ1v) is 11.7. The Morgan fingerprint density at radius 2 is 1.61 bits per heavy atom. The molecule has 168 valence electrons. The molecule has 5 nitrogen and oxygen atoms in total. The molecule has 0 bridgehead atoms. The Bertz CT molecular complexity index is 1200. The fraction of sp³-hybridized carbons (Fsp3) is 0.192. The van der Waals surface area contributed by atoms with E-state index in [2.05, 4.69) is 50.8 Å². The quantitative estimate of drug-likeness (QED) is 0.422. The monoisotopic (exact) mass is 522 g/mol. The maximum Gasteiger partial charge on any atom is 0.413 e. The smallest absolute Gasteiger partial charge is 0.413 e. The van der Waals surface area contributed by atoms with Crippen LogP contribution in [0.15, 0.2) is 77.3 Å². The van der Waals surface area contributed by atoms with Gasteiger partial charge < -0.3 is 10.1 Å². The van der Waals surface area contributed by atoms with E-state index in [1.54, 1.807) is 6.92 Å². The van der Waals surface area contributed by atoms with Gasteiger partial charge in [-0.3, -0.25) is 10.1 Å². The summed E-state index contributed by atoms with van der Waals surface area (Å²) in [5.74, 6) is -0.189. The molecule has 0 saturated heterocycles. The molecule has 1 aliphatic carbocycles. The zero-order valence-corrected chi connectivity index (χ0v) is 20.6. The number of rotatable bonds is 5. The molecule has 1 unspecified atom stereocenters. The lowest BCUT2D eigenvalue weighted by Crippen LogP contribution is -2.53. The van der Waals surface area contributed by atoms with Gasteiger partial charge in [0.1, 0.15) is 12.1 Å². The number of ketones is 1. The van der Waals surface area contributed by atoms with Crippen molar-refractivity contribution in [3.8, 4) is 11.1 Å². The van der Waals surface area contributed by atoms with Gasteiger partial charge in [0.15, 0.2) is 10.9 Å². The first kappa shape index (κ1) is 23.1. The standard InChI is InChI=1S/C26H23BrN2O3S/c1-16(30)26(2,17-8-7-9-18(27)14-17)29-24(33)28-25(31)32-15-23-21-12-5-3-10-19(21)20-11-4-6-13-22(20)23/h3-14,23H,15H2,1-2H3,(H2,28,29,31,33). The van der Waals surface area contributed by atoms with E-state index in [0.717, 1.165) is 32.3 Å². The Hall–Kier alpha value is -3.03. The molecule has 3 aromatic rings. The molecule has 0 aliphatic heterocycles. The molecule has 0 heterocycles. The van der Waals surface area contributed by atoms with Crippen LogP contribution in [0, 0.1) is 0 Å². The van der Waals surface area contributed by atoms with Crippen molar-refractivity contribution in [3.05, 3.63) is 94.0 Å². The second-order valence-corrected chi connectivity index (χ2v) is 9.42. The summed E-state index contributed by atoms with van der Waals surface area (Å²) in [7, 11) is 0. The highest BCUT2D eigenvalue weighted by molar-refractivity contribution is 9.10. The van der Waals surface area contributed by atoms with Gasteiger partial charge in [0.05, 0.1) is 0 Å². The minimum atomic E-state index is -1.10. The Kier molecular flexibility index (Phi) is 6.63. The van der Waals surface area contributed by atoms with Crippen molar-refractivity contribution < 1.29 is 14.3 Å². The number of carbonyl (C=O) groups excluding carboxylic acids is 2. The molecule has 1 aliphatic rings. The molecule has 0 saturated carbocycles. The van der Waals surface area contributed by atoms with Gasteiger partial charge in [0.25, 0.3) is 0 Å². The van der Waals surface area contributed by atoms with Crippen LogP contribution in [-0.4, -0.2) is 23.6 Å². The lowest BCUT2D eigenvalue weighted by Gasteiger charge is -2.30. The van der Waals surface area contributed by atoms with Gasteiger partial charge in [-0.05, 0) is 66.0 Å². The van der Waals surface area contributed by atoms with Crippen molar-refractivity contribution in [2.24, 2.45) is 0 Å². The van der Waals surface area contributed by atoms with Crippen molar-refractivity contribution >= 4 is 45.1 Å². The topological polar surface area (TPSA) is 67.4 Å². The molecule has 7 heteroatoms. The van der Waals surface area contributed by atoms with Crippen molar-refractivity contribution in [2.45, 2.75) is 25.3 Å². The summed E-state index contributed by atoms with van der Waals surface area (Å²) >= 11 is 8.74. The number of benzene rings is 3. The predicted molar refractivity (Wildman–Crippen MR) is 136 cm³/mol. The molecule has 1 amide bonds. The third-order valence-corrected chi connectivity index (χ3v) is 6.73. The highest BCUT2D eigenvalue weighted by Crippen LogP contribution is 2.44. The van der Waals surface area contributed by atoms with E-state index < -0.39 is 11.6 Å². The molecule has 4 rings (SSSR count). The van der Waals surface area contributed by atoms with Gasteiger partial charge in [-0.2, -0.15) is 0 Å². The molecule has 0 spiro atoms. The van der Waals surface area contributed by atoms with Crippen LogP contribution in [-0.2, 0) is 15.1 Å². The van der Waals surface area contributed by atoms with Gasteiger partial charge in [-0.25, -0.2) is 4.79 Å². The maximum absolute atomic E-state index is 12.5. The van der Waals surface area contributed by atoms with Crippen LogP contribution in [0.4, 0.5) is 4.79 Å². The maximum atomic E-state index is 12.5. The van der Waals surface area contributed by atoms with E-state index in [1.807, 2.05) is 48.5 Å². The number of hydrogen-bond acceptors (Lipinski definition) is 4. The molecule has 0 radical (unpaired) electrons. The molecule has 0 fully saturated rings. The number of nitrogens with one attached hydrogen (secondary N) is 2. The molecule has 33 heavy (non-hydrogen) atoms. The number of Topliss-reactive ketones (excluding diaryl/α,β-unsaturated/α-hetero) is 1. The number of amides is 1. The normalized spacial score (nSPS) is 13.9. The molecular formula is C26H23BrN2O3S. The van der Waals surface area contributed by atoms with E-state index in [-0.39, 0.29) is 23.4 Å². The Morgan fingerprint density at radius 1 is 1.00 bits per heavy atom. The average Bonchev–Trinajstić information content (AvgIpc) is 3.11. The summed E-state index contributed by atoms with van der Waals surface area (Å²) in [5, 5.41) is 5.54. The first-order valence-electron chi connectivity index (χ1n) is 10.5. The van der Waals surface area contributed by atoms with Crippen molar-refractivity contribution in [2.75, 3.05) is 6.61 Å². The number of alkyl carbamates (subject to hydrolysis) is 1. The Labute approximate surface area is 206 Å². The molecule has 0 aromatic heterocycles. The summed E-state index contributed by atoms with van der Waals surface area (Å²) in [6, 6.07) is 23.6. The van der Waals surface area contributed by atoms with Crippen LogP contribution < -0.4 is 10.6 Å². The summed E-state index contributed by atoms with van der Waals surface area (Å²) in [6.45, 7) is 3.38. The van der Waals surface area contributed by atoms with Gasteiger partial charge in [-0.15, -0.1) is 0 Å². The summed E-state index contributed by atoms with van der Waals surface area (Å²) < 4.78 is 6.38. The van der Waals surface area contributed by atoms with Gasteiger partial charge >= 0.3 is 6.09 Å². The highest BCUT2D eigenvalue weighted by atomic mass is 79.9. The fourth-order valence-corrected chi connectivity index (χ4v) is 4.84. The van der Waals surface area contributed by atoms with Crippen LogP contribution in [0.5, 0.6) is 0 Å². The first-order chi connectivity index (χ1) is 15.8. The van der Waals surface area contributed by atoms with Gasteiger partial charge in [-0.1, -0.05) is 76.6 Å². The van der Waals surface area contributed by atoms with E-state index >= 15 is 0 Å². The Morgan fingerprint density at radius 3 is 2.18 bits per heavy atom. The van der Waals surface area contributed by atoms with Crippen LogP contribution in [0.3, 0.4) is 0 Å². The van der Waals surface area contributed by atoms with Gasteiger partial charge in [0.2, 0.25) is 0 Å². The number of carbonyl (C=O) groups is 2. The minimum Gasteiger partial charge on any atom is -0.448 e.